The third kappa shape index (κ3) is 4.68. The Morgan fingerprint density at radius 3 is 2.36 bits per heavy atom. The first-order valence-corrected chi connectivity index (χ1v) is 10.5. The largest absolute Gasteiger partial charge is 0.387 e. The van der Waals surface area contributed by atoms with Crippen LogP contribution in [0.3, 0.4) is 0 Å². The number of rotatable bonds is 6. The summed E-state index contributed by atoms with van der Waals surface area (Å²) in [7, 11) is -3.80. The summed E-state index contributed by atoms with van der Waals surface area (Å²) in [5.41, 5.74) is 0.488. The molecule has 10 heteroatoms. The number of hydrogen-bond donors (Lipinski definition) is 1. The lowest BCUT2D eigenvalue weighted by Crippen LogP contribution is -2.49. The zero-order chi connectivity index (χ0) is 20.3. The van der Waals surface area contributed by atoms with Gasteiger partial charge in [0.1, 0.15) is 0 Å². The van der Waals surface area contributed by atoms with Gasteiger partial charge in [-0.25, -0.2) is 8.42 Å². The number of nitrogens with zero attached hydrogens (tertiary/aromatic N) is 3. The van der Waals surface area contributed by atoms with E-state index in [0.717, 1.165) is 11.6 Å². The van der Waals surface area contributed by atoms with E-state index in [1.165, 1.54) is 22.5 Å². The van der Waals surface area contributed by atoms with Crippen molar-refractivity contribution in [3.05, 3.63) is 69.2 Å². The third-order valence-electron chi connectivity index (χ3n) is 4.68. The Morgan fingerprint density at radius 2 is 1.75 bits per heavy atom. The van der Waals surface area contributed by atoms with E-state index < -0.39 is 21.1 Å². The van der Waals surface area contributed by atoms with Crippen LogP contribution in [-0.4, -0.2) is 60.4 Å². The van der Waals surface area contributed by atoms with Crippen molar-refractivity contribution in [1.29, 1.82) is 0 Å². The molecule has 3 rings (SSSR count). The zero-order valence-corrected chi connectivity index (χ0v) is 16.5. The minimum atomic E-state index is -3.80. The zero-order valence-electron chi connectivity index (χ0n) is 14.9. The van der Waals surface area contributed by atoms with Gasteiger partial charge in [-0.2, -0.15) is 4.31 Å². The summed E-state index contributed by atoms with van der Waals surface area (Å²) in [6.07, 6.45) is -0.697. The lowest BCUT2D eigenvalue weighted by molar-refractivity contribution is -0.385. The molecule has 1 aliphatic rings. The Kier molecular flexibility index (Phi) is 6.31. The summed E-state index contributed by atoms with van der Waals surface area (Å²) in [5.74, 6) is 0. The third-order valence-corrected chi connectivity index (χ3v) is 6.83. The van der Waals surface area contributed by atoms with Gasteiger partial charge in [-0.1, -0.05) is 29.8 Å². The number of piperazine rings is 1. The second-order valence-electron chi connectivity index (χ2n) is 6.53. The topological polar surface area (TPSA) is 104 Å². The highest BCUT2D eigenvalue weighted by molar-refractivity contribution is 7.89. The van der Waals surface area contributed by atoms with E-state index in [1.807, 2.05) is 4.90 Å². The fraction of sp³-hybridized carbons (Fsp3) is 0.333. The van der Waals surface area contributed by atoms with Crippen molar-refractivity contribution in [3.8, 4) is 0 Å². The molecule has 0 bridgehead atoms. The summed E-state index contributed by atoms with van der Waals surface area (Å²) in [6, 6.07) is 12.0. The fourth-order valence-electron chi connectivity index (χ4n) is 3.09. The molecule has 1 aliphatic heterocycles. The second kappa shape index (κ2) is 8.54. The van der Waals surface area contributed by atoms with Crippen LogP contribution in [0.5, 0.6) is 0 Å². The number of halogens is 1. The number of nitro groups is 1. The molecule has 0 radical (unpaired) electrons. The average molecular weight is 426 g/mol. The molecule has 8 nitrogen and oxygen atoms in total. The molecule has 2 aromatic rings. The highest BCUT2D eigenvalue weighted by Gasteiger charge is 2.30. The van der Waals surface area contributed by atoms with Crippen LogP contribution in [0.4, 0.5) is 5.69 Å². The van der Waals surface area contributed by atoms with Crippen LogP contribution in [0.15, 0.2) is 53.4 Å². The molecular formula is C18H20ClN3O5S. The summed E-state index contributed by atoms with van der Waals surface area (Å²) >= 11 is 5.85. The SMILES string of the molecule is O=[N+]([O-])c1cccc(S(=O)(=O)N2CCN(CC(O)c3ccc(Cl)cc3)CC2)c1. The van der Waals surface area contributed by atoms with Crippen molar-refractivity contribution in [3.63, 3.8) is 0 Å². The molecule has 0 aliphatic carbocycles. The number of non-ortho nitro benzene ring substituents is 1. The van der Waals surface area contributed by atoms with Crippen molar-refractivity contribution < 1.29 is 18.4 Å². The second-order valence-corrected chi connectivity index (χ2v) is 8.90. The molecule has 1 fully saturated rings. The van der Waals surface area contributed by atoms with Gasteiger partial charge in [0.2, 0.25) is 10.0 Å². The highest BCUT2D eigenvalue weighted by Crippen LogP contribution is 2.23. The molecule has 1 atom stereocenters. The molecule has 0 amide bonds. The first-order chi connectivity index (χ1) is 13.3. The molecule has 0 saturated carbocycles. The van der Waals surface area contributed by atoms with Gasteiger partial charge < -0.3 is 5.11 Å². The number of benzene rings is 2. The molecule has 150 valence electrons. The Labute approximate surface area is 168 Å². The molecule has 1 heterocycles. The molecule has 1 N–H and O–H groups in total. The quantitative estimate of drug-likeness (QED) is 0.562. The van der Waals surface area contributed by atoms with E-state index in [9.17, 15) is 23.6 Å². The normalized spacial score (nSPS) is 17.4. The van der Waals surface area contributed by atoms with Crippen molar-refractivity contribution in [1.82, 2.24) is 9.21 Å². The predicted molar refractivity (Wildman–Crippen MR) is 105 cm³/mol. The van der Waals surface area contributed by atoms with Crippen LogP contribution in [0.25, 0.3) is 0 Å². The van der Waals surface area contributed by atoms with E-state index >= 15 is 0 Å². The first kappa shape index (κ1) is 20.7. The molecule has 2 aromatic carbocycles. The summed E-state index contributed by atoms with van der Waals surface area (Å²) in [4.78, 5) is 12.2. The molecule has 1 unspecified atom stereocenters. The van der Waals surface area contributed by atoms with Crippen molar-refractivity contribution in [2.75, 3.05) is 32.7 Å². The lowest BCUT2D eigenvalue weighted by atomic mass is 10.1. The minimum absolute atomic E-state index is 0.0867. The molecule has 0 aromatic heterocycles. The van der Waals surface area contributed by atoms with E-state index in [0.29, 0.717) is 24.7 Å². The van der Waals surface area contributed by atoms with Gasteiger partial charge in [0.25, 0.3) is 5.69 Å². The molecule has 28 heavy (non-hydrogen) atoms. The van der Waals surface area contributed by atoms with Gasteiger partial charge in [0.05, 0.1) is 15.9 Å². The summed E-state index contributed by atoms with van der Waals surface area (Å²) < 4.78 is 26.9. The van der Waals surface area contributed by atoms with Crippen molar-refractivity contribution in [2.24, 2.45) is 0 Å². The molecular weight excluding hydrogens is 406 g/mol. The molecule has 0 spiro atoms. The van der Waals surface area contributed by atoms with Crippen LogP contribution in [-0.2, 0) is 10.0 Å². The Morgan fingerprint density at radius 1 is 1.11 bits per heavy atom. The predicted octanol–water partition coefficient (Wildman–Crippen LogP) is 2.29. The number of sulfonamides is 1. The van der Waals surface area contributed by atoms with Crippen LogP contribution in [0, 0.1) is 10.1 Å². The highest BCUT2D eigenvalue weighted by atomic mass is 35.5. The van der Waals surface area contributed by atoms with Gasteiger partial charge in [0, 0.05) is 49.9 Å². The van der Waals surface area contributed by atoms with Gasteiger partial charge in [-0.3, -0.25) is 15.0 Å². The maximum absolute atomic E-state index is 12.8. The van der Waals surface area contributed by atoms with E-state index in [1.54, 1.807) is 24.3 Å². The van der Waals surface area contributed by atoms with Gasteiger partial charge in [-0.05, 0) is 23.8 Å². The molecule has 1 saturated heterocycles. The maximum Gasteiger partial charge on any atom is 0.270 e. The van der Waals surface area contributed by atoms with Crippen molar-refractivity contribution >= 4 is 27.3 Å². The van der Waals surface area contributed by atoms with Crippen LogP contribution in [0.1, 0.15) is 11.7 Å². The van der Waals surface area contributed by atoms with E-state index in [-0.39, 0.29) is 23.7 Å². The minimum Gasteiger partial charge on any atom is -0.387 e. The first-order valence-electron chi connectivity index (χ1n) is 8.68. The van der Waals surface area contributed by atoms with Gasteiger partial charge in [-0.15, -0.1) is 0 Å². The number of hydrogen-bond acceptors (Lipinski definition) is 6. The number of aliphatic hydroxyl groups is 1. The monoisotopic (exact) mass is 425 g/mol. The summed E-state index contributed by atoms with van der Waals surface area (Å²) in [5, 5.41) is 21.9. The lowest BCUT2D eigenvalue weighted by Gasteiger charge is -2.34. The summed E-state index contributed by atoms with van der Waals surface area (Å²) in [6.45, 7) is 1.79. The van der Waals surface area contributed by atoms with Crippen LogP contribution in [0.2, 0.25) is 5.02 Å². The Bertz CT molecular complexity index is 944. The Hall–Kier alpha value is -2.04. The number of β-amino-alcohol motifs (C(OH)–C–C–N with tert-alkyl or cyclic N) is 1. The number of aliphatic hydroxyl groups excluding tert-OH is 1. The maximum atomic E-state index is 12.8. The van der Waals surface area contributed by atoms with Crippen molar-refractivity contribution in [2.45, 2.75) is 11.0 Å². The average Bonchev–Trinajstić information content (AvgIpc) is 2.69. The standard InChI is InChI=1S/C18H20ClN3O5S/c19-15-6-4-14(5-7-15)18(23)13-20-8-10-21(11-9-20)28(26,27)17-3-1-2-16(12-17)22(24)25/h1-7,12,18,23H,8-11,13H2. The van der Waals surface area contributed by atoms with Crippen LogP contribution >= 0.6 is 11.6 Å². The van der Waals surface area contributed by atoms with Crippen LogP contribution < -0.4 is 0 Å². The smallest absolute Gasteiger partial charge is 0.270 e. The van der Waals surface area contributed by atoms with E-state index in [2.05, 4.69) is 0 Å². The number of nitro benzene ring substituents is 1. The van der Waals surface area contributed by atoms with Gasteiger partial charge in [0.15, 0.2) is 0 Å². The Balaban J connectivity index is 1.62. The van der Waals surface area contributed by atoms with Gasteiger partial charge >= 0.3 is 0 Å². The van der Waals surface area contributed by atoms with E-state index in [4.69, 9.17) is 11.6 Å². The fourth-order valence-corrected chi connectivity index (χ4v) is 4.68.